The first-order valence-corrected chi connectivity index (χ1v) is 5.96. The van der Waals surface area contributed by atoms with Gasteiger partial charge in [-0.1, -0.05) is 0 Å². The molecule has 1 aliphatic carbocycles. The van der Waals surface area contributed by atoms with E-state index in [0.717, 1.165) is 12.8 Å². The van der Waals surface area contributed by atoms with Gasteiger partial charge >= 0.3 is 6.09 Å². The van der Waals surface area contributed by atoms with E-state index in [1.807, 2.05) is 0 Å². The second-order valence-corrected chi connectivity index (χ2v) is 5.22. The van der Waals surface area contributed by atoms with Crippen molar-refractivity contribution in [3.05, 3.63) is 0 Å². The van der Waals surface area contributed by atoms with Crippen molar-refractivity contribution in [1.29, 1.82) is 0 Å². The Morgan fingerprint density at radius 3 is 2.47 bits per heavy atom. The van der Waals surface area contributed by atoms with Gasteiger partial charge in [0, 0.05) is 12.5 Å². The summed E-state index contributed by atoms with van der Waals surface area (Å²) < 4.78 is 10.2. The SMILES string of the molecule is CC(C)(C)OC(=O)NCCOCC(=O)C1CC1. The average molecular weight is 243 g/mol. The van der Waals surface area contributed by atoms with E-state index in [9.17, 15) is 9.59 Å². The summed E-state index contributed by atoms with van der Waals surface area (Å²) in [5.41, 5.74) is -0.493. The minimum Gasteiger partial charge on any atom is -0.444 e. The summed E-state index contributed by atoms with van der Waals surface area (Å²) in [6.07, 6.45) is 1.53. The van der Waals surface area contributed by atoms with Crippen molar-refractivity contribution in [2.24, 2.45) is 5.92 Å². The first kappa shape index (κ1) is 14.0. The van der Waals surface area contributed by atoms with E-state index >= 15 is 0 Å². The molecule has 1 N–H and O–H groups in total. The Morgan fingerprint density at radius 2 is 1.94 bits per heavy atom. The maximum Gasteiger partial charge on any atom is 0.407 e. The highest BCUT2D eigenvalue weighted by atomic mass is 16.6. The van der Waals surface area contributed by atoms with Crippen LogP contribution in [0.15, 0.2) is 0 Å². The zero-order valence-electron chi connectivity index (χ0n) is 10.7. The highest BCUT2D eigenvalue weighted by Gasteiger charge is 2.29. The van der Waals surface area contributed by atoms with Gasteiger partial charge in [0.05, 0.1) is 6.61 Å². The quantitative estimate of drug-likeness (QED) is 0.718. The van der Waals surface area contributed by atoms with Crippen molar-refractivity contribution in [2.45, 2.75) is 39.2 Å². The molecule has 1 aliphatic rings. The largest absolute Gasteiger partial charge is 0.444 e. The molecule has 0 bridgehead atoms. The van der Waals surface area contributed by atoms with Crippen LogP contribution < -0.4 is 5.32 Å². The normalized spacial score (nSPS) is 15.5. The third-order valence-corrected chi connectivity index (χ3v) is 2.19. The number of ketones is 1. The molecular weight excluding hydrogens is 222 g/mol. The molecule has 1 amide bonds. The van der Waals surface area contributed by atoms with Crippen LogP contribution >= 0.6 is 0 Å². The van der Waals surface area contributed by atoms with Crippen LogP contribution in [0.3, 0.4) is 0 Å². The van der Waals surface area contributed by atoms with Crippen molar-refractivity contribution in [1.82, 2.24) is 5.32 Å². The van der Waals surface area contributed by atoms with E-state index in [-0.39, 0.29) is 18.3 Å². The number of carbonyl (C=O) groups excluding carboxylic acids is 2. The van der Waals surface area contributed by atoms with E-state index in [1.54, 1.807) is 20.8 Å². The number of hydrogen-bond acceptors (Lipinski definition) is 4. The minimum atomic E-state index is -0.493. The summed E-state index contributed by atoms with van der Waals surface area (Å²) in [5.74, 6) is 0.399. The third-order valence-electron chi connectivity index (χ3n) is 2.19. The van der Waals surface area contributed by atoms with Gasteiger partial charge in [-0.2, -0.15) is 0 Å². The maximum atomic E-state index is 11.3. The van der Waals surface area contributed by atoms with Crippen LogP contribution in [0.5, 0.6) is 0 Å². The lowest BCUT2D eigenvalue weighted by Gasteiger charge is -2.19. The fraction of sp³-hybridized carbons (Fsp3) is 0.833. The summed E-state index contributed by atoms with van der Waals surface area (Å²) in [6, 6.07) is 0. The molecule has 0 radical (unpaired) electrons. The lowest BCUT2D eigenvalue weighted by molar-refractivity contribution is -0.124. The van der Waals surface area contributed by atoms with Crippen LogP contribution in [-0.2, 0) is 14.3 Å². The van der Waals surface area contributed by atoms with Crippen molar-refractivity contribution < 1.29 is 19.1 Å². The number of nitrogens with one attached hydrogen (secondary N) is 1. The molecule has 0 saturated heterocycles. The number of hydrogen-bond donors (Lipinski definition) is 1. The number of carbonyl (C=O) groups is 2. The molecule has 1 fully saturated rings. The molecule has 98 valence electrons. The van der Waals surface area contributed by atoms with Crippen LogP contribution in [0, 0.1) is 5.92 Å². The number of alkyl carbamates (subject to hydrolysis) is 1. The standard InChI is InChI=1S/C12H21NO4/c1-12(2,3)17-11(15)13-6-7-16-8-10(14)9-4-5-9/h9H,4-8H2,1-3H3,(H,13,15). The van der Waals surface area contributed by atoms with Crippen LogP contribution in [0.4, 0.5) is 4.79 Å². The number of amides is 1. The molecule has 1 rings (SSSR count). The van der Waals surface area contributed by atoms with Crippen molar-refractivity contribution >= 4 is 11.9 Å². The van der Waals surface area contributed by atoms with Gasteiger partial charge in [-0.05, 0) is 33.6 Å². The molecule has 1 saturated carbocycles. The lowest BCUT2D eigenvalue weighted by Crippen LogP contribution is -2.34. The van der Waals surface area contributed by atoms with Gasteiger partial charge in [0.15, 0.2) is 5.78 Å². The molecule has 0 aromatic carbocycles. The Morgan fingerprint density at radius 1 is 1.29 bits per heavy atom. The molecule has 0 aliphatic heterocycles. The van der Waals surface area contributed by atoms with Gasteiger partial charge in [0.25, 0.3) is 0 Å². The van der Waals surface area contributed by atoms with Gasteiger partial charge in [0.2, 0.25) is 0 Å². The Hall–Kier alpha value is -1.10. The number of Topliss-reactive ketones (excluding diaryl/α,β-unsaturated/α-hetero) is 1. The molecule has 0 spiro atoms. The average Bonchev–Trinajstić information content (AvgIpc) is 2.96. The second kappa shape index (κ2) is 6.00. The predicted molar refractivity (Wildman–Crippen MR) is 62.8 cm³/mol. The minimum absolute atomic E-state index is 0.153. The molecule has 5 nitrogen and oxygen atoms in total. The molecule has 0 heterocycles. The van der Waals surface area contributed by atoms with Gasteiger partial charge in [-0.25, -0.2) is 4.79 Å². The first-order chi connectivity index (χ1) is 7.88. The first-order valence-electron chi connectivity index (χ1n) is 5.96. The summed E-state index contributed by atoms with van der Waals surface area (Å²) in [7, 11) is 0. The van der Waals surface area contributed by atoms with Gasteiger partial charge in [0.1, 0.15) is 12.2 Å². The van der Waals surface area contributed by atoms with E-state index in [1.165, 1.54) is 0 Å². The monoisotopic (exact) mass is 243 g/mol. The summed E-state index contributed by atoms with van der Waals surface area (Å²) >= 11 is 0. The highest BCUT2D eigenvalue weighted by Crippen LogP contribution is 2.29. The lowest BCUT2D eigenvalue weighted by atomic mass is 10.2. The van der Waals surface area contributed by atoms with Gasteiger partial charge < -0.3 is 14.8 Å². The third kappa shape index (κ3) is 6.94. The number of rotatable bonds is 6. The van der Waals surface area contributed by atoms with Crippen LogP contribution in [0.1, 0.15) is 33.6 Å². The molecule has 0 atom stereocenters. The van der Waals surface area contributed by atoms with Crippen LogP contribution in [0.25, 0.3) is 0 Å². The Bertz CT molecular complexity index is 279. The Kier molecular flexibility index (Phi) is 4.93. The van der Waals surface area contributed by atoms with Crippen LogP contribution in [0.2, 0.25) is 0 Å². The molecule has 5 heteroatoms. The highest BCUT2D eigenvalue weighted by molar-refractivity contribution is 5.84. The number of ether oxygens (including phenoxy) is 2. The van der Waals surface area contributed by atoms with Crippen molar-refractivity contribution in [2.75, 3.05) is 19.8 Å². The van der Waals surface area contributed by atoms with Gasteiger partial charge in [-0.3, -0.25) is 4.79 Å². The van der Waals surface area contributed by atoms with Crippen LogP contribution in [-0.4, -0.2) is 37.2 Å². The van der Waals surface area contributed by atoms with E-state index in [0.29, 0.717) is 13.2 Å². The smallest absolute Gasteiger partial charge is 0.407 e. The summed E-state index contributed by atoms with van der Waals surface area (Å²) in [6.45, 7) is 6.25. The summed E-state index contributed by atoms with van der Waals surface area (Å²) in [4.78, 5) is 22.5. The topological polar surface area (TPSA) is 64.6 Å². The molecule has 0 aromatic rings. The molecule has 0 unspecified atom stereocenters. The van der Waals surface area contributed by atoms with E-state index in [4.69, 9.17) is 9.47 Å². The van der Waals surface area contributed by atoms with Gasteiger partial charge in [-0.15, -0.1) is 0 Å². The molecule has 17 heavy (non-hydrogen) atoms. The zero-order valence-corrected chi connectivity index (χ0v) is 10.7. The Balaban J connectivity index is 1.96. The second-order valence-electron chi connectivity index (χ2n) is 5.22. The van der Waals surface area contributed by atoms with Crippen molar-refractivity contribution in [3.63, 3.8) is 0 Å². The predicted octanol–water partition coefficient (Wildman–Crippen LogP) is 1.51. The fourth-order valence-corrected chi connectivity index (χ4v) is 1.24. The molecular formula is C12H21NO4. The fourth-order valence-electron chi connectivity index (χ4n) is 1.24. The van der Waals surface area contributed by atoms with E-state index in [2.05, 4.69) is 5.32 Å². The summed E-state index contributed by atoms with van der Waals surface area (Å²) in [5, 5.41) is 2.56. The Labute approximate surface area is 102 Å². The van der Waals surface area contributed by atoms with E-state index < -0.39 is 11.7 Å². The molecule has 0 aromatic heterocycles. The maximum absolute atomic E-state index is 11.3. The zero-order chi connectivity index (χ0) is 12.9. The van der Waals surface area contributed by atoms with Crippen molar-refractivity contribution in [3.8, 4) is 0 Å².